The zero-order chi connectivity index (χ0) is 17.0. The molecule has 2 rings (SSSR count). The van der Waals surface area contributed by atoms with E-state index in [0.717, 1.165) is 12.1 Å². The van der Waals surface area contributed by atoms with Crippen LogP contribution in [0.4, 0.5) is 8.78 Å². The SMILES string of the molecule is C=CCOCC(NC(=O)C1CC1c1c(F)cccc1F)C(=O)O. The molecule has 0 radical (unpaired) electrons. The molecule has 23 heavy (non-hydrogen) atoms. The van der Waals surface area contributed by atoms with Gasteiger partial charge in [0.25, 0.3) is 0 Å². The highest BCUT2D eigenvalue weighted by Crippen LogP contribution is 2.49. The first-order chi connectivity index (χ1) is 11.0. The fourth-order valence-corrected chi connectivity index (χ4v) is 2.39. The molecule has 0 saturated heterocycles. The Kier molecular flexibility index (Phi) is 5.44. The maximum atomic E-state index is 13.7. The fourth-order valence-electron chi connectivity index (χ4n) is 2.39. The number of ether oxygens (including phenoxy) is 1. The van der Waals surface area contributed by atoms with E-state index < -0.39 is 41.4 Å². The van der Waals surface area contributed by atoms with Gasteiger partial charge in [-0.3, -0.25) is 4.79 Å². The quantitative estimate of drug-likeness (QED) is 0.565. The molecule has 2 N–H and O–H groups in total. The number of hydrogen-bond donors (Lipinski definition) is 2. The molecule has 0 spiro atoms. The van der Waals surface area contributed by atoms with Crippen LogP contribution in [0.25, 0.3) is 0 Å². The van der Waals surface area contributed by atoms with Crippen molar-refractivity contribution < 1.29 is 28.2 Å². The van der Waals surface area contributed by atoms with Gasteiger partial charge in [-0.25, -0.2) is 13.6 Å². The second-order valence-electron chi connectivity index (χ2n) is 5.31. The van der Waals surface area contributed by atoms with Crippen LogP contribution in [-0.4, -0.2) is 36.2 Å². The van der Waals surface area contributed by atoms with E-state index in [1.165, 1.54) is 12.1 Å². The third-order valence-corrected chi connectivity index (χ3v) is 3.63. The summed E-state index contributed by atoms with van der Waals surface area (Å²) < 4.78 is 32.4. The van der Waals surface area contributed by atoms with Crippen molar-refractivity contribution >= 4 is 11.9 Å². The van der Waals surface area contributed by atoms with Gasteiger partial charge < -0.3 is 15.2 Å². The Balaban J connectivity index is 1.97. The lowest BCUT2D eigenvalue weighted by Gasteiger charge is -2.14. The van der Waals surface area contributed by atoms with Crippen molar-refractivity contribution in [3.8, 4) is 0 Å². The highest BCUT2D eigenvalue weighted by molar-refractivity contribution is 5.87. The predicted octanol–water partition coefficient (Wildman–Crippen LogP) is 1.84. The van der Waals surface area contributed by atoms with Gasteiger partial charge in [0.2, 0.25) is 5.91 Å². The minimum Gasteiger partial charge on any atom is -0.480 e. The molecule has 1 amide bonds. The summed E-state index contributed by atoms with van der Waals surface area (Å²) in [5.74, 6) is -4.39. The monoisotopic (exact) mass is 325 g/mol. The van der Waals surface area contributed by atoms with Crippen molar-refractivity contribution in [1.29, 1.82) is 0 Å². The van der Waals surface area contributed by atoms with Crippen molar-refractivity contribution in [2.24, 2.45) is 5.92 Å². The summed E-state index contributed by atoms with van der Waals surface area (Å²) in [6.07, 6.45) is 1.74. The number of rotatable bonds is 8. The van der Waals surface area contributed by atoms with E-state index in [4.69, 9.17) is 9.84 Å². The van der Waals surface area contributed by atoms with Gasteiger partial charge in [-0.1, -0.05) is 12.1 Å². The number of benzene rings is 1. The Bertz CT molecular complexity index is 600. The summed E-state index contributed by atoms with van der Waals surface area (Å²) in [5.41, 5.74) is -0.123. The molecule has 3 unspecified atom stereocenters. The minimum atomic E-state index is -1.24. The van der Waals surface area contributed by atoms with E-state index in [1.54, 1.807) is 0 Å². The van der Waals surface area contributed by atoms with Crippen molar-refractivity contribution in [3.05, 3.63) is 48.1 Å². The van der Waals surface area contributed by atoms with Gasteiger partial charge >= 0.3 is 5.97 Å². The molecular formula is C16H17F2NO4. The Morgan fingerprint density at radius 1 is 1.43 bits per heavy atom. The van der Waals surface area contributed by atoms with Crippen LogP contribution in [0.1, 0.15) is 17.9 Å². The van der Waals surface area contributed by atoms with Gasteiger partial charge in [-0.2, -0.15) is 0 Å². The topological polar surface area (TPSA) is 75.6 Å². The molecule has 1 aliphatic carbocycles. The largest absolute Gasteiger partial charge is 0.480 e. The number of amides is 1. The van der Waals surface area contributed by atoms with Gasteiger partial charge in [0.05, 0.1) is 13.2 Å². The Morgan fingerprint density at radius 3 is 2.65 bits per heavy atom. The summed E-state index contributed by atoms with van der Waals surface area (Å²) in [6.45, 7) is 3.38. The van der Waals surface area contributed by atoms with Gasteiger partial charge in [-0.15, -0.1) is 6.58 Å². The van der Waals surface area contributed by atoms with Crippen molar-refractivity contribution in [3.63, 3.8) is 0 Å². The standard InChI is InChI=1S/C16H17F2NO4/c1-2-6-23-8-13(16(21)22)19-15(20)10-7-9(10)14-11(17)4-3-5-12(14)18/h2-5,9-10,13H,1,6-8H2,(H,19,20)(H,21,22). The minimum absolute atomic E-state index is 0.123. The van der Waals surface area contributed by atoms with Crippen LogP contribution < -0.4 is 5.32 Å². The average molecular weight is 325 g/mol. The van der Waals surface area contributed by atoms with Crippen molar-refractivity contribution in [1.82, 2.24) is 5.32 Å². The molecule has 3 atom stereocenters. The fraction of sp³-hybridized carbons (Fsp3) is 0.375. The lowest BCUT2D eigenvalue weighted by Crippen LogP contribution is -2.44. The average Bonchev–Trinajstić information content (AvgIpc) is 3.26. The summed E-state index contributed by atoms with van der Waals surface area (Å²) in [5, 5.41) is 11.4. The van der Waals surface area contributed by atoms with E-state index >= 15 is 0 Å². The van der Waals surface area contributed by atoms with Crippen LogP contribution >= 0.6 is 0 Å². The number of carboxylic acids is 1. The molecule has 0 aliphatic heterocycles. The number of carbonyl (C=O) groups is 2. The first-order valence-electron chi connectivity index (χ1n) is 7.11. The van der Waals surface area contributed by atoms with Gasteiger partial charge in [0.1, 0.15) is 11.6 Å². The number of aliphatic carboxylic acids is 1. The molecule has 1 aromatic carbocycles. The molecular weight excluding hydrogens is 308 g/mol. The molecule has 0 bridgehead atoms. The van der Waals surface area contributed by atoms with Crippen LogP contribution in [0.3, 0.4) is 0 Å². The summed E-state index contributed by atoms with van der Waals surface area (Å²) in [7, 11) is 0. The molecule has 1 saturated carbocycles. The molecule has 1 aliphatic rings. The van der Waals surface area contributed by atoms with Gasteiger partial charge in [0, 0.05) is 17.4 Å². The van der Waals surface area contributed by atoms with Crippen molar-refractivity contribution in [2.75, 3.05) is 13.2 Å². The predicted molar refractivity (Wildman–Crippen MR) is 77.8 cm³/mol. The van der Waals surface area contributed by atoms with E-state index in [2.05, 4.69) is 11.9 Å². The van der Waals surface area contributed by atoms with Crippen LogP contribution in [0.2, 0.25) is 0 Å². The first-order valence-corrected chi connectivity index (χ1v) is 7.11. The van der Waals surface area contributed by atoms with Gasteiger partial charge in [-0.05, 0) is 18.6 Å². The second kappa shape index (κ2) is 7.32. The lowest BCUT2D eigenvalue weighted by atomic mass is 10.1. The third kappa shape index (κ3) is 4.13. The summed E-state index contributed by atoms with van der Waals surface area (Å²) >= 11 is 0. The molecule has 0 heterocycles. The van der Waals surface area contributed by atoms with E-state index in [-0.39, 0.29) is 25.2 Å². The molecule has 7 heteroatoms. The molecule has 1 fully saturated rings. The van der Waals surface area contributed by atoms with Crippen molar-refractivity contribution in [2.45, 2.75) is 18.4 Å². The maximum absolute atomic E-state index is 13.7. The van der Waals surface area contributed by atoms with Crippen LogP contribution in [0.5, 0.6) is 0 Å². The van der Waals surface area contributed by atoms with Gasteiger partial charge in [0.15, 0.2) is 6.04 Å². The van der Waals surface area contributed by atoms with E-state index in [9.17, 15) is 18.4 Å². The molecule has 124 valence electrons. The van der Waals surface area contributed by atoms with Crippen LogP contribution in [0.15, 0.2) is 30.9 Å². The van der Waals surface area contributed by atoms with Crippen LogP contribution in [0, 0.1) is 17.6 Å². The maximum Gasteiger partial charge on any atom is 0.328 e. The highest BCUT2D eigenvalue weighted by Gasteiger charge is 2.47. The van der Waals surface area contributed by atoms with E-state index in [1.807, 2.05) is 0 Å². The zero-order valence-electron chi connectivity index (χ0n) is 12.3. The second-order valence-corrected chi connectivity index (χ2v) is 5.31. The number of carboxylic acid groups (broad SMARTS) is 1. The van der Waals surface area contributed by atoms with Crippen LogP contribution in [-0.2, 0) is 14.3 Å². The normalized spacial score (nSPS) is 20.6. The van der Waals surface area contributed by atoms with E-state index in [0.29, 0.717) is 0 Å². The first kappa shape index (κ1) is 17.1. The summed E-state index contributed by atoms with van der Waals surface area (Å²) in [6, 6.07) is 2.31. The Morgan fingerprint density at radius 2 is 2.09 bits per heavy atom. The summed E-state index contributed by atoms with van der Waals surface area (Å²) in [4.78, 5) is 23.2. The Hall–Kier alpha value is -2.28. The zero-order valence-corrected chi connectivity index (χ0v) is 12.3. The molecule has 0 aromatic heterocycles. The number of carbonyl (C=O) groups excluding carboxylic acids is 1. The lowest BCUT2D eigenvalue weighted by molar-refractivity contribution is -0.143. The smallest absolute Gasteiger partial charge is 0.328 e. The Labute approximate surface area is 131 Å². The third-order valence-electron chi connectivity index (χ3n) is 3.63. The number of hydrogen-bond acceptors (Lipinski definition) is 3. The molecule has 1 aromatic rings. The highest BCUT2D eigenvalue weighted by atomic mass is 19.1. The number of halogens is 2. The molecule has 5 nitrogen and oxygen atoms in total. The number of nitrogens with one attached hydrogen (secondary N) is 1.